The normalized spacial score (nSPS) is 12.8. The minimum absolute atomic E-state index is 0.00815. The quantitative estimate of drug-likeness (QED) is 0.670. The van der Waals surface area contributed by atoms with Gasteiger partial charge < -0.3 is 4.74 Å². The van der Waals surface area contributed by atoms with Gasteiger partial charge in [-0.05, 0) is 26.8 Å². The third-order valence-electron chi connectivity index (χ3n) is 2.05. The first-order valence-corrected chi connectivity index (χ1v) is 4.88. The van der Waals surface area contributed by atoms with Gasteiger partial charge in [0.1, 0.15) is 11.8 Å². The molecule has 0 aliphatic carbocycles. The number of Topliss-reactive ketones (excluding diaryl/α,β-unsaturated/α-hetero) is 1. The van der Waals surface area contributed by atoms with Crippen LogP contribution in [0.3, 0.4) is 0 Å². The van der Waals surface area contributed by atoms with Crippen molar-refractivity contribution in [2.75, 3.05) is 6.61 Å². The molecule has 14 heavy (non-hydrogen) atoms. The zero-order chi connectivity index (χ0) is 10.6. The lowest BCUT2D eigenvalue weighted by Crippen LogP contribution is -2.23. The number of aromatic nitrogens is 2. The molecule has 0 radical (unpaired) electrons. The molecule has 0 aliphatic heterocycles. The van der Waals surface area contributed by atoms with Crippen LogP contribution in [-0.4, -0.2) is 28.3 Å². The zero-order valence-electron chi connectivity index (χ0n) is 8.86. The molecule has 78 valence electrons. The van der Waals surface area contributed by atoms with Crippen molar-refractivity contribution < 1.29 is 9.53 Å². The molecule has 0 amide bonds. The lowest BCUT2D eigenvalue weighted by Gasteiger charge is -2.10. The molecule has 1 heterocycles. The van der Waals surface area contributed by atoms with Gasteiger partial charge in [-0.3, -0.25) is 9.48 Å². The van der Waals surface area contributed by atoms with Crippen molar-refractivity contribution in [3.05, 3.63) is 18.0 Å². The van der Waals surface area contributed by atoms with Gasteiger partial charge in [-0.2, -0.15) is 5.10 Å². The first-order chi connectivity index (χ1) is 6.70. The maximum atomic E-state index is 11.8. The van der Waals surface area contributed by atoms with Gasteiger partial charge in [-0.25, -0.2) is 0 Å². The van der Waals surface area contributed by atoms with E-state index in [0.29, 0.717) is 18.8 Å². The highest BCUT2D eigenvalue weighted by Crippen LogP contribution is 2.05. The molecule has 1 atom stereocenters. The summed E-state index contributed by atoms with van der Waals surface area (Å²) in [5, 5.41) is 4.04. The van der Waals surface area contributed by atoms with Crippen LogP contribution in [0.4, 0.5) is 0 Å². The minimum Gasteiger partial charge on any atom is -0.371 e. The average molecular weight is 196 g/mol. The molecule has 0 saturated carbocycles. The second-order valence-electron chi connectivity index (χ2n) is 2.99. The lowest BCUT2D eigenvalue weighted by atomic mass is 10.2. The molecule has 0 N–H and O–H groups in total. The van der Waals surface area contributed by atoms with E-state index in [1.54, 1.807) is 23.9 Å². The molecule has 0 spiro atoms. The standard InChI is InChI=1S/C10H16N2O2/c1-4-12-9(6-7-11-12)10(13)8(3)14-5-2/h6-8H,4-5H2,1-3H3. The highest BCUT2D eigenvalue weighted by Gasteiger charge is 2.18. The second-order valence-corrected chi connectivity index (χ2v) is 2.99. The van der Waals surface area contributed by atoms with Gasteiger partial charge in [0.25, 0.3) is 0 Å². The van der Waals surface area contributed by atoms with Crippen molar-refractivity contribution in [2.45, 2.75) is 33.4 Å². The maximum Gasteiger partial charge on any atom is 0.209 e. The summed E-state index contributed by atoms with van der Waals surface area (Å²) < 4.78 is 6.91. The number of hydrogen-bond donors (Lipinski definition) is 0. The van der Waals surface area contributed by atoms with Crippen LogP contribution in [0.15, 0.2) is 12.3 Å². The Hall–Kier alpha value is -1.16. The van der Waals surface area contributed by atoms with E-state index in [2.05, 4.69) is 5.10 Å². The number of hydrogen-bond acceptors (Lipinski definition) is 3. The molecule has 1 unspecified atom stereocenters. The number of carbonyl (C=O) groups is 1. The van der Waals surface area contributed by atoms with E-state index >= 15 is 0 Å². The Balaban J connectivity index is 2.78. The Morgan fingerprint density at radius 2 is 2.36 bits per heavy atom. The molecule has 0 aromatic carbocycles. The zero-order valence-corrected chi connectivity index (χ0v) is 8.86. The minimum atomic E-state index is -0.387. The van der Waals surface area contributed by atoms with E-state index in [1.165, 1.54) is 0 Å². The SMILES string of the molecule is CCOC(C)C(=O)c1ccnn1CC. The molecule has 0 fully saturated rings. The first-order valence-electron chi connectivity index (χ1n) is 4.88. The Labute approximate surface area is 83.9 Å². The van der Waals surface area contributed by atoms with Crippen molar-refractivity contribution in [3.8, 4) is 0 Å². The highest BCUT2D eigenvalue weighted by molar-refractivity contribution is 5.97. The van der Waals surface area contributed by atoms with E-state index in [1.807, 2.05) is 13.8 Å². The Kier molecular flexibility index (Phi) is 3.83. The summed E-state index contributed by atoms with van der Waals surface area (Å²) in [7, 11) is 0. The fraction of sp³-hybridized carbons (Fsp3) is 0.600. The largest absolute Gasteiger partial charge is 0.371 e. The molecular weight excluding hydrogens is 180 g/mol. The van der Waals surface area contributed by atoms with Crippen molar-refractivity contribution in [1.82, 2.24) is 9.78 Å². The second kappa shape index (κ2) is 4.91. The van der Waals surface area contributed by atoms with Gasteiger partial charge in [0.15, 0.2) is 0 Å². The summed E-state index contributed by atoms with van der Waals surface area (Å²) in [4.78, 5) is 11.8. The molecule has 0 aliphatic rings. The number of aryl methyl sites for hydroxylation is 1. The van der Waals surface area contributed by atoms with Crippen molar-refractivity contribution in [1.29, 1.82) is 0 Å². The smallest absolute Gasteiger partial charge is 0.209 e. The topological polar surface area (TPSA) is 44.1 Å². The summed E-state index contributed by atoms with van der Waals surface area (Å²) in [5.74, 6) is -0.00815. The monoisotopic (exact) mass is 196 g/mol. The number of ether oxygens (including phenoxy) is 1. The Morgan fingerprint density at radius 1 is 1.64 bits per heavy atom. The lowest BCUT2D eigenvalue weighted by molar-refractivity contribution is 0.0510. The van der Waals surface area contributed by atoms with Crippen LogP contribution in [0.5, 0.6) is 0 Å². The molecule has 1 rings (SSSR count). The molecule has 0 saturated heterocycles. The number of nitrogens with zero attached hydrogens (tertiary/aromatic N) is 2. The molecule has 1 aromatic rings. The predicted molar refractivity (Wildman–Crippen MR) is 53.3 cm³/mol. The third-order valence-corrected chi connectivity index (χ3v) is 2.05. The maximum absolute atomic E-state index is 11.8. The first kappa shape index (κ1) is 10.9. The molecule has 4 heteroatoms. The summed E-state index contributed by atoms with van der Waals surface area (Å²) >= 11 is 0. The Bertz CT molecular complexity index is 307. The van der Waals surface area contributed by atoms with Crippen molar-refractivity contribution >= 4 is 5.78 Å². The van der Waals surface area contributed by atoms with Crippen LogP contribution in [-0.2, 0) is 11.3 Å². The molecule has 1 aromatic heterocycles. The van der Waals surface area contributed by atoms with Gasteiger partial charge in [-0.15, -0.1) is 0 Å². The summed E-state index contributed by atoms with van der Waals surface area (Å²) in [6, 6.07) is 1.72. The van der Waals surface area contributed by atoms with Gasteiger partial charge >= 0.3 is 0 Å². The highest BCUT2D eigenvalue weighted by atomic mass is 16.5. The van der Waals surface area contributed by atoms with Crippen LogP contribution in [0.1, 0.15) is 31.3 Å². The third kappa shape index (κ3) is 2.20. The molecular formula is C10H16N2O2. The summed E-state index contributed by atoms with van der Waals surface area (Å²) in [6.07, 6.45) is 1.25. The fourth-order valence-corrected chi connectivity index (χ4v) is 1.33. The average Bonchev–Trinajstić information content (AvgIpc) is 2.64. The van der Waals surface area contributed by atoms with E-state index < -0.39 is 0 Å². The number of rotatable bonds is 5. The van der Waals surface area contributed by atoms with Crippen LogP contribution < -0.4 is 0 Å². The van der Waals surface area contributed by atoms with Crippen LogP contribution in [0, 0.1) is 0 Å². The van der Waals surface area contributed by atoms with Gasteiger partial charge in [0.05, 0.1) is 0 Å². The van der Waals surface area contributed by atoms with E-state index in [0.717, 1.165) is 0 Å². The van der Waals surface area contributed by atoms with Crippen LogP contribution >= 0.6 is 0 Å². The van der Waals surface area contributed by atoms with Gasteiger partial charge in [-0.1, -0.05) is 0 Å². The number of carbonyl (C=O) groups excluding carboxylic acids is 1. The van der Waals surface area contributed by atoms with Crippen LogP contribution in [0.2, 0.25) is 0 Å². The van der Waals surface area contributed by atoms with Crippen molar-refractivity contribution in [2.24, 2.45) is 0 Å². The fourth-order valence-electron chi connectivity index (χ4n) is 1.33. The molecule has 4 nitrogen and oxygen atoms in total. The molecule has 0 bridgehead atoms. The van der Waals surface area contributed by atoms with E-state index in [9.17, 15) is 4.79 Å². The van der Waals surface area contributed by atoms with Crippen molar-refractivity contribution in [3.63, 3.8) is 0 Å². The summed E-state index contributed by atoms with van der Waals surface area (Å²) in [6.45, 7) is 6.84. The predicted octanol–water partition coefficient (Wildman–Crippen LogP) is 1.51. The van der Waals surface area contributed by atoms with Crippen LogP contribution in [0.25, 0.3) is 0 Å². The Morgan fingerprint density at radius 3 is 2.93 bits per heavy atom. The number of ketones is 1. The van der Waals surface area contributed by atoms with Gasteiger partial charge in [0, 0.05) is 19.3 Å². The van der Waals surface area contributed by atoms with E-state index in [-0.39, 0.29) is 11.9 Å². The summed E-state index contributed by atoms with van der Waals surface area (Å²) in [5.41, 5.74) is 0.619. The van der Waals surface area contributed by atoms with Gasteiger partial charge in [0.2, 0.25) is 5.78 Å². The van der Waals surface area contributed by atoms with E-state index in [4.69, 9.17) is 4.74 Å².